The lowest BCUT2D eigenvalue weighted by Crippen LogP contribution is -2.52. The number of nitrogens with zero attached hydrogens (tertiary/aromatic N) is 2. The Morgan fingerprint density at radius 1 is 1.22 bits per heavy atom. The summed E-state index contributed by atoms with van der Waals surface area (Å²) in [5.74, 6) is -4.66. The largest absolute Gasteiger partial charge is 0.491 e. The number of piperidine rings is 1. The van der Waals surface area contributed by atoms with Gasteiger partial charge in [-0.05, 0) is 31.9 Å². The number of amides is 2. The van der Waals surface area contributed by atoms with Crippen LogP contribution >= 0.6 is 0 Å². The van der Waals surface area contributed by atoms with Crippen molar-refractivity contribution in [3.63, 3.8) is 0 Å². The summed E-state index contributed by atoms with van der Waals surface area (Å²) in [4.78, 5) is 51.2. The van der Waals surface area contributed by atoms with Crippen LogP contribution in [0.25, 0.3) is 0 Å². The van der Waals surface area contributed by atoms with Crippen molar-refractivity contribution in [3.05, 3.63) is 29.3 Å². The first-order chi connectivity index (χ1) is 16.9. The molecule has 0 saturated carbocycles. The van der Waals surface area contributed by atoms with Gasteiger partial charge >= 0.3 is 18.1 Å². The molecule has 1 unspecified atom stereocenters. The topological polar surface area (TPSA) is 152 Å². The summed E-state index contributed by atoms with van der Waals surface area (Å²) in [6, 6.07) is 3.73. The molecule has 3 rings (SSSR count). The highest BCUT2D eigenvalue weighted by atomic mass is 19.4. The lowest BCUT2D eigenvalue weighted by molar-refractivity contribution is -0.203. The van der Waals surface area contributed by atoms with Gasteiger partial charge in [-0.1, -0.05) is 6.07 Å². The van der Waals surface area contributed by atoms with Crippen molar-refractivity contribution in [3.8, 4) is 5.75 Å². The van der Waals surface area contributed by atoms with Gasteiger partial charge in [0.1, 0.15) is 30.8 Å². The summed E-state index contributed by atoms with van der Waals surface area (Å²) in [6.07, 6.45) is -5.20. The van der Waals surface area contributed by atoms with Crippen molar-refractivity contribution in [2.75, 3.05) is 32.8 Å². The maximum atomic E-state index is 13.1. The third-order valence-corrected chi connectivity index (χ3v) is 5.83. The minimum atomic E-state index is -5.28. The van der Waals surface area contributed by atoms with E-state index in [9.17, 15) is 32.3 Å². The molecule has 2 amide bonds. The first-order valence-electron chi connectivity index (χ1n) is 11.0. The molecule has 0 spiro atoms. The molecule has 1 aromatic carbocycles. The van der Waals surface area contributed by atoms with Gasteiger partial charge in [0.25, 0.3) is 5.91 Å². The van der Waals surface area contributed by atoms with Gasteiger partial charge in [0, 0.05) is 18.7 Å². The van der Waals surface area contributed by atoms with Crippen LogP contribution in [0.15, 0.2) is 18.2 Å². The molecule has 11 nitrogen and oxygen atoms in total. The van der Waals surface area contributed by atoms with Crippen LogP contribution in [0.4, 0.5) is 13.2 Å². The number of halogens is 3. The molecule has 1 saturated heterocycles. The first kappa shape index (κ1) is 26.9. The second-order valence-corrected chi connectivity index (χ2v) is 8.24. The van der Waals surface area contributed by atoms with Crippen molar-refractivity contribution in [2.24, 2.45) is 5.73 Å². The molecule has 36 heavy (non-hydrogen) atoms. The highest BCUT2D eigenvalue weighted by molar-refractivity contribution is 6.02. The van der Waals surface area contributed by atoms with E-state index >= 15 is 0 Å². The third-order valence-electron chi connectivity index (χ3n) is 5.83. The number of hydrogen-bond donors (Lipinski definition) is 2. The molecule has 2 aliphatic heterocycles. The van der Waals surface area contributed by atoms with Crippen LogP contribution in [0.3, 0.4) is 0 Å². The van der Waals surface area contributed by atoms with Crippen LogP contribution in [-0.2, 0) is 23.9 Å². The van der Waals surface area contributed by atoms with Gasteiger partial charge in [-0.25, -0.2) is 9.59 Å². The second kappa shape index (κ2) is 10.9. The highest BCUT2D eigenvalue weighted by Crippen LogP contribution is 2.26. The van der Waals surface area contributed by atoms with Crippen molar-refractivity contribution in [1.29, 1.82) is 5.41 Å². The number of nitrogen functional groups attached to an aromatic ring is 1. The number of carbonyl (C=O) groups excluding carboxylic acids is 4. The number of esters is 2. The molecular weight excluding hydrogens is 489 g/mol. The van der Waals surface area contributed by atoms with Gasteiger partial charge < -0.3 is 29.7 Å². The first-order valence-corrected chi connectivity index (χ1v) is 11.0. The molecule has 1 aromatic rings. The standard InChI is InChI=1S/C22H25F3N4O7/c1-12(29-8-9-34-16-10-13(18(26)27)2-3-15(16)20(29)32)19(31)28-6-4-14(5-7-28)35-11-17(30)36-21(33)22(23,24)25/h2-3,10,12,14H,4-9,11H2,1H3,(H3,26,27). The SMILES string of the molecule is CC(C(=O)N1CCC(OCC(=O)OC(=O)C(F)(F)F)CC1)N1CCOc2cc(C(=N)N)ccc2C1=O. The van der Waals surface area contributed by atoms with E-state index in [2.05, 4.69) is 4.74 Å². The number of nitrogens with two attached hydrogens (primary N) is 1. The Bertz CT molecular complexity index is 1050. The monoisotopic (exact) mass is 514 g/mol. The Kier molecular flexibility index (Phi) is 8.17. The molecule has 0 radical (unpaired) electrons. The molecule has 1 fully saturated rings. The zero-order chi connectivity index (χ0) is 26.6. The van der Waals surface area contributed by atoms with Gasteiger partial charge in [0.05, 0.1) is 18.2 Å². The Labute approximate surface area is 203 Å². The van der Waals surface area contributed by atoms with E-state index < -0.39 is 42.8 Å². The molecular formula is C22H25F3N4O7. The van der Waals surface area contributed by atoms with E-state index in [4.69, 9.17) is 20.6 Å². The maximum absolute atomic E-state index is 13.1. The molecule has 14 heteroatoms. The summed E-state index contributed by atoms with van der Waals surface area (Å²) in [6.45, 7) is 1.55. The van der Waals surface area contributed by atoms with Crippen LogP contribution < -0.4 is 10.5 Å². The number of carbonyl (C=O) groups is 4. The normalized spacial score (nSPS) is 17.5. The molecule has 0 aliphatic carbocycles. The summed E-state index contributed by atoms with van der Waals surface area (Å²) in [5, 5.41) is 7.54. The van der Waals surface area contributed by atoms with Crippen molar-refractivity contribution < 1.29 is 46.6 Å². The Morgan fingerprint density at radius 3 is 2.50 bits per heavy atom. The molecule has 2 aliphatic rings. The quantitative estimate of drug-likeness (QED) is 0.245. The third kappa shape index (κ3) is 6.30. The number of benzene rings is 1. The summed E-state index contributed by atoms with van der Waals surface area (Å²) < 4.78 is 51.0. The number of fused-ring (bicyclic) bond motifs is 1. The number of alkyl halides is 3. The van der Waals surface area contributed by atoms with Gasteiger partial charge in [0.2, 0.25) is 5.91 Å². The lowest BCUT2D eigenvalue weighted by Gasteiger charge is -2.36. The fourth-order valence-electron chi connectivity index (χ4n) is 3.88. The zero-order valence-electron chi connectivity index (χ0n) is 19.3. The van der Waals surface area contributed by atoms with Gasteiger partial charge in [-0.15, -0.1) is 0 Å². The molecule has 3 N–H and O–H groups in total. The molecule has 196 valence electrons. The van der Waals surface area contributed by atoms with E-state index in [1.807, 2.05) is 0 Å². The molecule has 0 bridgehead atoms. The van der Waals surface area contributed by atoms with Crippen LogP contribution in [-0.4, -0.2) is 90.6 Å². The molecule has 0 aromatic heterocycles. The molecule has 2 heterocycles. The average Bonchev–Trinajstić information content (AvgIpc) is 2.99. The van der Waals surface area contributed by atoms with Gasteiger partial charge in [0.15, 0.2) is 0 Å². The predicted octanol–water partition coefficient (Wildman–Crippen LogP) is 0.833. The average molecular weight is 514 g/mol. The minimum absolute atomic E-state index is 0.139. The highest BCUT2D eigenvalue weighted by Gasteiger charge is 2.42. The minimum Gasteiger partial charge on any atom is -0.491 e. The van der Waals surface area contributed by atoms with Crippen molar-refractivity contribution in [1.82, 2.24) is 9.80 Å². The molecule has 1 atom stereocenters. The van der Waals surface area contributed by atoms with Crippen LogP contribution in [0.1, 0.15) is 35.7 Å². The van der Waals surface area contributed by atoms with Crippen molar-refractivity contribution in [2.45, 2.75) is 38.1 Å². The van der Waals surface area contributed by atoms with E-state index in [0.29, 0.717) is 18.4 Å². The summed E-state index contributed by atoms with van der Waals surface area (Å²) in [7, 11) is 0. The fourth-order valence-corrected chi connectivity index (χ4v) is 3.88. The van der Waals surface area contributed by atoms with Crippen LogP contribution in [0.5, 0.6) is 5.75 Å². The lowest BCUT2D eigenvalue weighted by atomic mass is 10.1. The van der Waals surface area contributed by atoms with Crippen LogP contribution in [0, 0.1) is 5.41 Å². The Hall–Kier alpha value is -3.68. The maximum Gasteiger partial charge on any atom is 0.491 e. The number of amidine groups is 1. The Balaban J connectivity index is 1.53. The second-order valence-electron chi connectivity index (χ2n) is 8.24. The van der Waals surface area contributed by atoms with E-state index in [-0.39, 0.29) is 49.3 Å². The smallest absolute Gasteiger partial charge is 0.491 e. The predicted molar refractivity (Wildman–Crippen MR) is 116 cm³/mol. The number of likely N-dealkylation sites (tertiary alicyclic amines) is 1. The summed E-state index contributed by atoms with van der Waals surface area (Å²) in [5.41, 5.74) is 6.15. The van der Waals surface area contributed by atoms with E-state index in [1.165, 1.54) is 28.0 Å². The van der Waals surface area contributed by atoms with Crippen molar-refractivity contribution >= 4 is 29.6 Å². The zero-order valence-corrected chi connectivity index (χ0v) is 19.3. The number of rotatable bonds is 6. The van der Waals surface area contributed by atoms with Crippen LogP contribution in [0.2, 0.25) is 0 Å². The number of hydrogen-bond acceptors (Lipinski definition) is 8. The van der Waals surface area contributed by atoms with E-state index in [1.54, 1.807) is 6.92 Å². The summed E-state index contributed by atoms with van der Waals surface area (Å²) >= 11 is 0. The number of ether oxygens (including phenoxy) is 3. The fraction of sp³-hybridized carbons (Fsp3) is 0.500. The Morgan fingerprint density at radius 2 is 1.89 bits per heavy atom. The van der Waals surface area contributed by atoms with Gasteiger partial charge in [-0.2, -0.15) is 13.2 Å². The number of nitrogens with one attached hydrogen (secondary N) is 1. The van der Waals surface area contributed by atoms with Gasteiger partial charge in [-0.3, -0.25) is 15.0 Å². The van der Waals surface area contributed by atoms with E-state index in [0.717, 1.165) is 0 Å².